The van der Waals surface area contributed by atoms with Gasteiger partial charge in [0.15, 0.2) is 0 Å². The zero-order valence-electron chi connectivity index (χ0n) is 16.4. The van der Waals surface area contributed by atoms with E-state index in [-0.39, 0.29) is 17.8 Å². The van der Waals surface area contributed by atoms with E-state index in [0.717, 1.165) is 30.6 Å². The number of esters is 1. The number of halogens is 1. The summed E-state index contributed by atoms with van der Waals surface area (Å²) in [6.07, 6.45) is 4.74. The van der Waals surface area contributed by atoms with Gasteiger partial charge in [0.25, 0.3) is 5.91 Å². The molecule has 2 aromatic rings. The number of hydrogen-bond acceptors (Lipinski definition) is 4. The van der Waals surface area contributed by atoms with Gasteiger partial charge in [0.1, 0.15) is 0 Å². The molecule has 6 nitrogen and oxygen atoms in total. The average molecular weight is 404 g/mol. The Balaban J connectivity index is 1.87. The quantitative estimate of drug-likeness (QED) is 0.686. The Kier molecular flexibility index (Phi) is 6.73. The molecule has 0 saturated carbocycles. The zero-order chi connectivity index (χ0) is 20.1. The number of ether oxygens (including phenoxy) is 1. The molecule has 2 heterocycles. The minimum absolute atomic E-state index is 0.0873. The number of aromatic nitrogens is 2. The largest absolute Gasteiger partial charge is 0.466 e. The fourth-order valence-electron chi connectivity index (χ4n) is 3.65. The van der Waals surface area contributed by atoms with E-state index in [2.05, 4.69) is 12.0 Å². The van der Waals surface area contributed by atoms with Gasteiger partial charge in [-0.25, -0.2) is 4.68 Å². The van der Waals surface area contributed by atoms with Crippen molar-refractivity contribution >= 4 is 23.5 Å². The van der Waals surface area contributed by atoms with Gasteiger partial charge >= 0.3 is 5.97 Å². The van der Waals surface area contributed by atoms with Crippen molar-refractivity contribution in [2.24, 2.45) is 5.92 Å². The van der Waals surface area contributed by atoms with Crippen LogP contribution in [-0.2, 0) is 16.0 Å². The predicted octanol–water partition coefficient (Wildman–Crippen LogP) is 3.89. The second-order valence-corrected chi connectivity index (χ2v) is 7.37. The lowest BCUT2D eigenvalue weighted by Crippen LogP contribution is -2.43. The van der Waals surface area contributed by atoms with E-state index in [1.807, 2.05) is 24.3 Å². The van der Waals surface area contributed by atoms with Crippen molar-refractivity contribution < 1.29 is 14.3 Å². The molecule has 0 unspecified atom stereocenters. The van der Waals surface area contributed by atoms with Gasteiger partial charge in [-0.1, -0.05) is 37.1 Å². The van der Waals surface area contributed by atoms with Crippen LogP contribution in [0.4, 0.5) is 0 Å². The van der Waals surface area contributed by atoms with Gasteiger partial charge in [0.05, 0.1) is 40.7 Å². The molecule has 1 aromatic heterocycles. The molecule has 7 heteroatoms. The Morgan fingerprint density at radius 1 is 1.29 bits per heavy atom. The summed E-state index contributed by atoms with van der Waals surface area (Å²) in [5.41, 5.74) is 2.18. The minimum atomic E-state index is -0.258. The second-order valence-electron chi connectivity index (χ2n) is 6.96. The van der Waals surface area contributed by atoms with Crippen LogP contribution in [-0.4, -0.2) is 46.3 Å². The summed E-state index contributed by atoms with van der Waals surface area (Å²) in [4.78, 5) is 27.1. The van der Waals surface area contributed by atoms with Crippen LogP contribution in [0.15, 0.2) is 30.5 Å². The first-order chi connectivity index (χ1) is 13.6. The molecule has 1 amide bonds. The summed E-state index contributed by atoms with van der Waals surface area (Å²) in [5, 5.41) is 5.04. The van der Waals surface area contributed by atoms with E-state index in [1.165, 1.54) is 0 Å². The molecule has 0 N–H and O–H groups in total. The molecular formula is C21H26ClN3O3. The summed E-state index contributed by atoms with van der Waals surface area (Å²) in [6.45, 7) is 5.24. The third-order valence-corrected chi connectivity index (χ3v) is 5.31. The normalized spacial score (nSPS) is 16.8. The molecule has 0 radical (unpaired) electrons. The zero-order valence-corrected chi connectivity index (χ0v) is 17.1. The van der Waals surface area contributed by atoms with E-state index in [4.69, 9.17) is 16.3 Å². The number of para-hydroxylation sites is 1. The van der Waals surface area contributed by atoms with Crippen molar-refractivity contribution in [2.45, 2.75) is 39.5 Å². The summed E-state index contributed by atoms with van der Waals surface area (Å²) >= 11 is 6.34. The van der Waals surface area contributed by atoms with Crippen molar-refractivity contribution in [3.8, 4) is 5.69 Å². The van der Waals surface area contributed by atoms with Crippen molar-refractivity contribution in [2.75, 3.05) is 19.7 Å². The fourth-order valence-corrected chi connectivity index (χ4v) is 3.86. The maximum absolute atomic E-state index is 13.2. The molecule has 0 spiro atoms. The molecule has 1 aromatic carbocycles. The van der Waals surface area contributed by atoms with Gasteiger partial charge in [-0.3, -0.25) is 9.59 Å². The minimum Gasteiger partial charge on any atom is -0.466 e. The van der Waals surface area contributed by atoms with Crippen LogP contribution in [0.3, 0.4) is 0 Å². The molecule has 1 saturated heterocycles. The molecular weight excluding hydrogens is 378 g/mol. The Bertz CT molecular complexity index is 849. The van der Waals surface area contributed by atoms with Crippen LogP contribution in [0.1, 0.15) is 49.2 Å². The number of carbonyl (C=O) groups is 2. The highest BCUT2D eigenvalue weighted by molar-refractivity contribution is 6.32. The third-order valence-electron chi connectivity index (χ3n) is 5.00. The number of carbonyl (C=O) groups excluding carboxylic acids is 2. The number of amides is 1. The summed E-state index contributed by atoms with van der Waals surface area (Å²) in [6, 6.07) is 7.46. The maximum atomic E-state index is 13.2. The van der Waals surface area contributed by atoms with Gasteiger partial charge in [-0.05, 0) is 38.3 Å². The van der Waals surface area contributed by atoms with Crippen LogP contribution in [0.25, 0.3) is 5.69 Å². The average Bonchev–Trinajstić information content (AvgIpc) is 3.12. The summed E-state index contributed by atoms with van der Waals surface area (Å²) in [5.74, 6) is -0.567. The maximum Gasteiger partial charge on any atom is 0.310 e. The predicted molar refractivity (Wildman–Crippen MR) is 108 cm³/mol. The Labute approximate surface area is 170 Å². The standard InChI is InChI=1S/C21H26ClN3O3/c1-3-8-18-16(13-23-25(18)19-11-6-5-10-17(19)22)20(26)24-12-7-9-15(14-24)21(27)28-4-2/h5-6,10-11,13,15H,3-4,7-9,12,14H2,1-2H3/t15-/m1/s1. The van der Waals surface area contributed by atoms with E-state index in [9.17, 15) is 9.59 Å². The molecule has 1 fully saturated rings. The highest BCUT2D eigenvalue weighted by Crippen LogP contribution is 2.26. The van der Waals surface area contributed by atoms with Crippen LogP contribution < -0.4 is 0 Å². The highest BCUT2D eigenvalue weighted by Gasteiger charge is 2.31. The van der Waals surface area contributed by atoms with Crippen molar-refractivity contribution in [3.05, 3.63) is 46.7 Å². The molecule has 1 aliphatic rings. The number of likely N-dealkylation sites (tertiary alicyclic amines) is 1. The summed E-state index contributed by atoms with van der Waals surface area (Å²) in [7, 11) is 0. The van der Waals surface area contributed by atoms with Crippen LogP contribution in [0.2, 0.25) is 5.02 Å². The smallest absolute Gasteiger partial charge is 0.310 e. The van der Waals surface area contributed by atoms with E-state index < -0.39 is 0 Å². The first-order valence-electron chi connectivity index (χ1n) is 9.84. The molecule has 150 valence electrons. The molecule has 0 bridgehead atoms. The lowest BCUT2D eigenvalue weighted by Gasteiger charge is -2.31. The molecule has 1 atom stereocenters. The van der Waals surface area contributed by atoms with Crippen LogP contribution in [0.5, 0.6) is 0 Å². The molecule has 3 rings (SSSR count). The fraction of sp³-hybridized carbons (Fsp3) is 0.476. The molecule has 1 aliphatic heterocycles. The van der Waals surface area contributed by atoms with Crippen LogP contribution >= 0.6 is 11.6 Å². The number of piperidine rings is 1. The topological polar surface area (TPSA) is 64.4 Å². The van der Waals surface area contributed by atoms with Gasteiger partial charge in [0, 0.05) is 13.1 Å². The number of nitrogens with zero attached hydrogens (tertiary/aromatic N) is 3. The van der Waals surface area contributed by atoms with Gasteiger partial charge in [0.2, 0.25) is 0 Å². The SMILES string of the molecule is CCCc1c(C(=O)N2CCC[C@@H](C(=O)OCC)C2)cnn1-c1ccccc1Cl. The lowest BCUT2D eigenvalue weighted by atomic mass is 9.97. The lowest BCUT2D eigenvalue weighted by molar-refractivity contribution is -0.149. The van der Waals surface area contributed by atoms with Crippen molar-refractivity contribution in [3.63, 3.8) is 0 Å². The van der Waals surface area contributed by atoms with Crippen molar-refractivity contribution in [1.29, 1.82) is 0 Å². The summed E-state index contributed by atoms with van der Waals surface area (Å²) < 4.78 is 6.90. The van der Waals surface area contributed by atoms with E-state index in [0.29, 0.717) is 36.7 Å². The number of benzene rings is 1. The first kappa shape index (κ1) is 20.4. The van der Waals surface area contributed by atoms with E-state index >= 15 is 0 Å². The number of hydrogen-bond donors (Lipinski definition) is 0. The van der Waals surface area contributed by atoms with Crippen molar-refractivity contribution in [1.82, 2.24) is 14.7 Å². The van der Waals surface area contributed by atoms with Gasteiger partial charge in [-0.15, -0.1) is 0 Å². The molecule has 0 aliphatic carbocycles. The Morgan fingerprint density at radius 3 is 2.79 bits per heavy atom. The Hall–Kier alpha value is -2.34. The monoisotopic (exact) mass is 403 g/mol. The van der Waals surface area contributed by atoms with Gasteiger partial charge < -0.3 is 9.64 Å². The number of rotatable bonds is 6. The van der Waals surface area contributed by atoms with Crippen LogP contribution in [0, 0.1) is 5.92 Å². The first-order valence-corrected chi connectivity index (χ1v) is 10.2. The second kappa shape index (κ2) is 9.24. The highest BCUT2D eigenvalue weighted by atomic mass is 35.5. The Morgan fingerprint density at radius 2 is 2.07 bits per heavy atom. The van der Waals surface area contributed by atoms with Gasteiger partial charge in [-0.2, -0.15) is 5.10 Å². The molecule has 28 heavy (non-hydrogen) atoms. The van der Waals surface area contributed by atoms with E-state index in [1.54, 1.807) is 22.7 Å². The third kappa shape index (κ3) is 4.22.